The second kappa shape index (κ2) is 5.59. The molecule has 3 atom stereocenters. The summed E-state index contributed by atoms with van der Waals surface area (Å²) in [5.41, 5.74) is -1.25. The zero-order valence-electron chi connectivity index (χ0n) is 13.3. The number of hydrogen-bond donors (Lipinski definition) is 2. The molecule has 0 spiro atoms. The van der Waals surface area contributed by atoms with Crippen molar-refractivity contribution in [1.82, 2.24) is 4.90 Å². The molecule has 0 aromatic rings. The number of hydrogen-bond acceptors (Lipinski definition) is 3. The van der Waals surface area contributed by atoms with Crippen LogP contribution in [0.15, 0.2) is 0 Å². The Morgan fingerprint density at radius 2 is 1.90 bits per heavy atom. The van der Waals surface area contributed by atoms with Gasteiger partial charge in [0.15, 0.2) is 0 Å². The van der Waals surface area contributed by atoms with Crippen molar-refractivity contribution in [1.29, 1.82) is 0 Å². The number of fused-ring (bicyclic) bond motifs is 1. The third-order valence-corrected chi connectivity index (χ3v) is 5.10. The number of nitrogens with zero attached hydrogens (tertiary/aromatic N) is 1. The fourth-order valence-corrected chi connectivity index (χ4v) is 3.80. The van der Waals surface area contributed by atoms with Gasteiger partial charge in [0.1, 0.15) is 5.92 Å². The van der Waals surface area contributed by atoms with Crippen molar-refractivity contribution in [2.24, 2.45) is 17.3 Å². The number of aliphatic carboxylic acids is 1. The van der Waals surface area contributed by atoms with E-state index in [2.05, 4.69) is 0 Å². The summed E-state index contributed by atoms with van der Waals surface area (Å²) in [6.45, 7) is 6.31. The van der Waals surface area contributed by atoms with E-state index in [0.717, 1.165) is 25.7 Å². The van der Waals surface area contributed by atoms with E-state index in [-0.39, 0.29) is 11.8 Å². The van der Waals surface area contributed by atoms with Gasteiger partial charge >= 0.3 is 5.97 Å². The van der Waals surface area contributed by atoms with Crippen molar-refractivity contribution in [2.75, 3.05) is 13.1 Å². The number of likely N-dealkylation sites (tertiary alicyclic amines) is 1. The van der Waals surface area contributed by atoms with Crippen molar-refractivity contribution in [3.63, 3.8) is 0 Å². The van der Waals surface area contributed by atoms with E-state index in [1.54, 1.807) is 25.7 Å². The average molecular weight is 297 g/mol. The quantitative estimate of drug-likeness (QED) is 0.763. The highest BCUT2D eigenvalue weighted by Crippen LogP contribution is 2.40. The number of carboxylic acid groups (broad SMARTS) is 1. The Morgan fingerprint density at radius 1 is 1.24 bits per heavy atom. The van der Waals surface area contributed by atoms with Crippen molar-refractivity contribution in [3.05, 3.63) is 0 Å². The van der Waals surface area contributed by atoms with E-state index >= 15 is 0 Å². The molecule has 1 saturated heterocycles. The van der Waals surface area contributed by atoms with Crippen molar-refractivity contribution < 1.29 is 19.8 Å². The standard InChI is InChI=1S/C16H27NO4/c1-15(2,3)12(14(19)20)13(18)17-9-8-16(21)7-5-4-6-11(16)10-17/h11-12,21H,4-10H2,1-3H3,(H,19,20). The number of amides is 1. The summed E-state index contributed by atoms with van der Waals surface area (Å²) in [4.78, 5) is 25.8. The molecular formula is C16H27NO4. The Balaban J connectivity index is 2.12. The van der Waals surface area contributed by atoms with Gasteiger partial charge in [-0.25, -0.2) is 0 Å². The molecule has 1 heterocycles. The summed E-state index contributed by atoms with van der Waals surface area (Å²) >= 11 is 0. The van der Waals surface area contributed by atoms with Crippen LogP contribution in [0.4, 0.5) is 0 Å². The summed E-state index contributed by atoms with van der Waals surface area (Å²) in [5.74, 6) is -2.29. The Labute approximate surface area is 126 Å². The van der Waals surface area contributed by atoms with Crippen LogP contribution in [0.25, 0.3) is 0 Å². The van der Waals surface area contributed by atoms with Gasteiger partial charge in [0.2, 0.25) is 5.91 Å². The fraction of sp³-hybridized carbons (Fsp3) is 0.875. The van der Waals surface area contributed by atoms with Crippen molar-refractivity contribution >= 4 is 11.9 Å². The van der Waals surface area contributed by atoms with Crippen LogP contribution >= 0.6 is 0 Å². The lowest BCUT2D eigenvalue weighted by Crippen LogP contribution is -2.57. The summed E-state index contributed by atoms with van der Waals surface area (Å²) in [6.07, 6.45) is 4.42. The van der Waals surface area contributed by atoms with Crippen LogP contribution in [0.1, 0.15) is 52.9 Å². The number of rotatable bonds is 2. The van der Waals surface area contributed by atoms with Gasteiger partial charge in [-0.1, -0.05) is 33.6 Å². The van der Waals surface area contributed by atoms with Gasteiger partial charge in [0, 0.05) is 19.0 Å². The van der Waals surface area contributed by atoms with E-state index in [1.165, 1.54) is 0 Å². The van der Waals surface area contributed by atoms with Gasteiger partial charge in [-0.3, -0.25) is 9.59 Å². The molecule has 2 rings (SSSR count). The first-order chi connectivity index (χ1) is 9.65. The number of aliphatic hydroxyl groups is 1. The first kappa shape index (κ1) is 16.3. The van der Waals surface area contributed by atoms with Crippen molar-refractivity contribution in [3.8, 4) is 0 Å². The smallest absolute Gasteiger partial charge is 0.316 e. The van der Waals surface area contributed by atoms with Gasteiger partial charge in [-0.2, -0.15) is 0 Å². The fourth-order valence-electron chi connectivity index (χ4n) is 3.80. The summed E-state index contributed by atoms with van der Waals surface area (Å²) in [7, 11) is 0. The molecule has 21 heavy (non-hydrogen) atoms. The minimum absolute atomic E-state index is 0.0957. The average Bonchev–Trinajstić information content (AvgIpc) is 2.35. The van der Waals surface area contributed by atoms with Crippen LogP contribution in [0.5, 0.6) is 0 Å². The molecule has 1 aliphatic carbocycles. The Hall–Kier alpha value is -1.10. The van der Waals surface area contributed by atoms with E-state index in [4.69, 9.17) is 0 Å². The zero-order chi connectivity index (χ0) is 15.8. The lowest BCUT2D eigenvalue weighted by atomic mass is 9.70. The molecule has 1 aliphatic heterocycles. The highest BCUT2D eigenvalue weighted by molar-refractivity contribution is 5.97. The second-order valence-electron chi connectivity index (χ2n) is 7.72. The highest BCUT2D eigenvalue weighted by Gasteiger charge is 2.47. The van der Waals surface area contributed by atoms with E-state index < -0.39 is 22.9 Å². The molecule has 0 radical (unpaired) electrons. The normalized spacial score (nSPS) is 31.4. The molecule has 120 valence electrons. The molecule has 2 fully saturated rings. The molecule has 1 saturated carbocycles. The Kier molecular flexibility index (Phi) is 4.34. The van der Waals surface area contributed by atoms with Crippen LogP contribution in [-0.4, -0.2) is 45.7 Å². The lowest BCUT2D eigenvalue weighted by molar-refractivity contribution is -0.161. The molecule has 5 heteroatoms. The van der Waals surface area contributed by atoms with Gasteiger partial charge in [0.25, 0.3) is 0 Å². The summed E-state index contributed by atoms with van der Waals surface area (Å²) in [5, 5.41) is 20.0. The van der Waals surface area contributed by atoms with E-state index in [0.29, 0.717) is 19.5 Å². The summed E-state index contributed by atoms with van der Waals surface area (Å²) in [6, 6.07) is 0. The molecule has 5 nitrogen and oxygen atoms in total. The molecule has 0 aromatic heterocycles. The zero-order valence-corrected chi connectivity index (χ0v) is 13.3. The maximum Gasteiger partial charge on any atom is 0.316 e. The van der Waals surface area contributed by atoms with E-state index in [9.17, 15) is 19.8 Å². The SMILES string of the molecule is CC(C)(C)C(C(=O)O)C(=O)N1CCC2(O)CCCCC2C1. The predicted molar refractivity (Wildman–Crippen MR) is 78.7 cm³/mol. The van der Waals surface area contributed by atoms with Crippen LogP contribution < -0.4 is 0 Å². The van der Waals surface area contributed by atoms with Crippen LogP contribution in [0, 0.1) is 17.3 Å². The predicted octanol–water partition coefficient (Wildman–Crippen LogP) is 1.89. The van der Waals surface area contributed by atoms with Crippen LogP contribution in [0.2, 0.25) is 0 Å². The maximum absolute atomic E-state index is 12.6. The Bertz CT molecular complexity index is 428. The second-order valence-corrected chi connectivity index (χ2v) is 7.72. The summed E-state index contributed by atoms with van der Waals surface area (Å²) < 4.78 is 0. The lowest BCUT2D eigenvalue weighted by Gasteiger charge is -2.48. The molecule has 3 unspecified atom stereocenters. The minimum atomic E-state index is -1.06. The van der Waals surface area contributed by atoms with Gasteiger partial charge in [-0.05, 0) is 24.7 Å². The topological polar surface area (TPSA) is 77.8 Å². The Morgan fingerprint density at radius 3 is 2.48 bits per heavy atom. The minimum Gasteiger partial charge on any atom is -0.481 e. The molecule has 2 N–H and O–H groups in total. The largest absolute Gasteiger partial charge is 0.481 e. The number of carboxylic acids is 1. The molecule has 0 bridgehead atoms. The van der Waals surface area contributed by atoms with E-state index in [1.807, 2.05) is 0 Å². The van der Waals surface area contributed by atoms with Crippen LogP contribution in [-0.2, 0) is 9.59 Å². The number of piperidine rings is 1. The first-order valence-corrected chi connectivity index (χ1v) is 7.89. The monoisotopic (exact) mass is 297 g/mol. The third kappa shape index (κ3) is 3.23. The van der Waals surface area contributed by atoms with Crippen LogP contribution in [0.3, 0.4) is 0 Å². The molecule has 0 aromatic carbocycles. The van der Waals surface area contributed by atoms with Gasteiger partial charge < -0.3 is 15.1 Å². The van der Waals surface area contributed by atoms with Crippen molar-refractivity contribution in [2.45, 2.75) is 58.5 Å². The molecule has 2 aliphatic rings. The third-order valence-electron chi connectivity index (χ3n) is 5.10. The van der Waals surface area contributed by atoms with Gasteiger partial charge in [0.05, 0.1) is 5.60 Å². The highest BCUT2D eigenvalue weighted by atomic mass is 16.4. The maximum atomic E-state index is 12.6. The van der Waals surface area contributed by atoms with Gasteiger partial charge in [-0.15, -0.1) is 0 Å². The molecular weight excluding hydrogens is 270 g/mol. The molecule has 1 amide bonds. The first-order valence-electron chi connectivity index (χ1n) is 7.89. The number of carbonyl (C=O) groups is 2. The number of carbonyl (C=O) groups excluding carboxylic acids is 1.